The molecule has 4 N–H and O–H groups in total. The van der Waals surface area contributed by atoms with E-state index in [0.29, 0.717) is 42.4 Å². The Morgan fingerprint density at radius 3 is 2.39 bits per heavy atom. The third-order valence-electron chi connectivity index (χ3n) is 7.88. The van der Waals surface area contributed by atoms with E-state index >= 15 is 0 Å². The molecule has 0 aliphatic heterocycles. The predicted molar refractivity (Wildman–Crippen MR) is 142 cm³/mol. The number of carbonyl (C=O) groups excluding carboxylic acids is 3. The second-order valence-electron chi connectivity index (χ2n) is 11.6. The van der Waals surface area contributed by atoms with Gasteiger partial charge in [0.1, 0.15) is 12.2 Å². The molecule has 2 aliphatic rings. The van der Waals surface area contributed by atoms with Gasteiger partial charge in [0.25, 0.3) is 0 Å². The van der Waals surface area contributed by atoms with Crippen molar-refractivity contribution in [3.8, 4) is 0 Å². The van der Waals surface area contributed by atoms with E-state index in [1.807, 2.05) is 13.8 Å². The molecule has 9 heteroatoms. The molecule has 2 rings (SSSR count). The summed E-state index contributed by atoms with van der Waals surface area (Å²) in [5, 5.41) is 33.7. The average Bonchev–Trinajstić information content (AvgIpc) is 2.83. The van der Waals surface area contributed by atoms with E-state index in [4.69, 9.17) is 4.74 Å². The molecule has 0 aromatic heterocycles. The lowest BCUT2D eigenvalue weighted by Gasteiger charge is -2.41. The molecule has 0 saturated carbocycles. The van der Waals surface area contributed by atoms with E-state index in [9.17, 15) is 34.5 Å². The lowest BCUT2D eigenvalue weighted by atomic mass is 9.66. The number of esters is 1. The number of allylic oxidation sites excluding steroid dienone is 1. The van der Waals surface area contributed by atoms with Crippen LogP contribution in [0.2, 0.25) is 0 Å². The Morgan fingerprint density at radius 1 is 1.21 bits per heavy atom. The number of amides is 1. The second kappa shape index (κ2) is 12.4. The summed E-state index contributed by atoms with van der Waals surface area (Å²) in [5.74, 6) is -3.19. The predicted octanol–water partition coefficient (Wildman–Crippen LogP) is 3.24. The molecule has 0 aromatic carbocycles. The van der Waals surface area contributed by atoms with Crippen LogP contribution in [0.25, 0.3) is 0 Å². The first-order valence-electron chi connectivity index (χ1n) is 13.2. The standard InChI is InChI=1S/C29H43NO8/c1-8-22(32)29(6,7)26(35)25(34)24-16(2)21(12-13-28(24,4)5)38-23(33)15-20(30-17(3)31)18-10-9-11-19(14-18)27(36)37/h9-10,14,19-22,25,32,34H,8,11-13,15H2,1-7H3,(H,30,31)(H,36,37)/t19?,20-,21+,22+,25-/m1/s1. The summed E-state index contributed by atoms with van der Waals surface area (Å²) >= 11 is 0. The van der Waals surface area contributed by atoms with Crippen LogP contribution in [0.3, 0.4) is 0 Å². The minimum Gasteiger partial charge on any atom is -0.481 e. The number of hydrogen-bond donors (Lipinski definition) is 4. The van der Waals surface area contributed by atoms with E-state index in [1.54, 1.807) is 39.8 Å². The van der Waals surface area contributed by atoms with E-state index in [-0.39, 0.29) is 12.3 Å². The number of aliphatic hydroxyl groups is 2. The number of aliphatic carboxylic acids is 1. The number of hydrogen-bond acceptors (Lipinski definition) is 7. The number of nitrogens with one attached hydrogen (secondary N) is 1. The largest absolute Gasteiger partial charge is 0.481 e. The van der Waals surface area contributed by atoms with Crippen LogP contribution in [0, 0.1) is 16.7 Å². The molecule has 0 bridgehead atoms. The summed E-state index contributed by atoms with van der Waals surface area (Å²) in [5.41, 5.74) is -0.0924. The monoisotopic (exact) mass is 533 g/mol. The Balaban J connectivity index is 2.29. The Kier molecular flexibility index (Phi) is 10.2. The van der Waals surface area contributed by atoms with Gasteiger partial charge in [-0.1, -0.05) is 52.8 Å². The molecule has 0 saturated heterocycles. The van der Waals surface area contributed by atoms with Gasteiger partial charge in [-0.25, -0.2) is 0 Å². The van der Waals surface area contributed by atoms with Crippen LogP contribution in [-0.4, -0.2) is 63.3 Å². The van der Waals surface area contributed by atoms with Crippen LogP contribution in [0.15, 0.2) is 34.9 Å². The van der Waals surface area contributed by atoms with Crippen LogP contribution in [-0.2, 0) is 23.9 Å². The van der Waals surface area contributed by atoms with E-state index in [0.717, 1.165) is 0 Å². The highest BCUT2D eigenvalue weighted by Crippen LogP contribution is 2.44. The Morgan fingerprint density at radius 2 is 1.84 bits per heavy atom. The molecule has 0 heterocycles. The SMILES string of the molecule is CC[C@H](O)C(C)(C)C(=O)[C@H](O)C1=C(C)[C@@H](OC(=O)C[C@@H](NC(C)=O)C2=CC(C(=O)O)CC=C2)CCC1(C)C. The van der Waals surface area contributed by atoms with E-state index in [2.05, 4.69) is 5.32 Å². The van der Waals surface area contributed by atoms with Gasteiger partial charge in [-0.15, -0.1) is 0 Å². The molecule has 0 radical (unpaired) electrons. The molecule has 0 aromatic rings. The first-order chi connectivity index (χ1) is 17.5. The quantitative estimate of drug-likeness (QED) is 0.233. The highest BCUT2D eigenvalue weighted by Gasteiger charge is 2.45. The maximum Gasteiger partial charge on any atom is 0.310 e. The van der Waals surface area contributed by atoms with Crippen molar-refractivity contribution in [2.75, 3.05) is 0 Å². The highest BCUT2D eigenvalue weighted by molar-refractivity contribution is 5.91. The zero-order chi connectivity index (χ0) is 29.0. The van der Waals surface area contributed by atoms with Gasteiger partial charge in [0.05, 0.1) is 29.9 Å². The lowest BCUT2D eigenvalue weighted by molar-refractivity contribution is -0.149. The Bertz CT molecular complexity index is 1040. The molecular formula is C29H43NO8. The number of carbonyl (C=O) groups is 4. The van der Waals surface area contributed by atoms with Crippen LogP contribution in [0.4, 0.5) is 0 Å². The second-order valence-corrected chi connectivity index (χ2v) is 11.6. The molecule has 1 amide bonds. The van der Waals surface area contributed by atoms with Crippen LogP contribution in [0.5, 0.6) is 0 Å². The number of carboxylic acid groups (broad SMARTS) is 1. The maximum absolute atomic E-state index is 13.3. The van der Waals surface area contributed by atoms with Crippen molar-refractivity contribution in [3.63, 3.8) is 0 Å². The number of carboxylic acids is 1. The third kappa shape index (κ3) is 7.20. The molecular weight excluding hydrogens is 490 g/mol. The maximum atomic E-state index is 13.3. The van der Waals surface area contributed by atoms with Crippen molar-refractivity contribution in [1.29, 1.82) is 0 Å². The summed E-state index contributed by atoms with van der Waals surface area (Å²) < 4.78 is 5.80. The van der Waals surface area contributed by atoms with Gasteiger partial charge < -0.3 is 25.4 Å². The molecule has 9 nitrogen and oxygen atoms in total. The number of Topliss-reactive ketones (excluding diaryl/α,β-unsaturated/α-hetero) is 1. The first-order valence-corrected chi connectivity index (χ1v) is 13.2. The van der Waals surface area contributed by atoms with Crippen LogP contribution < -0.4 is 5.32 Å². The van der Waals surface area contributed by atoms with Gasteiger partial charge in [0.15, 0.2) is 5.78 Å². The van der Waals surface area contributed by atoms with Crippen LogP contribution >= 0.6 is 0 Å². The zero-order valence-corrected chi connectivity index (χ0v) is 23.5. The smallest absolute Gasteiger partial charge is 0.310 e. The van der Waals surface area contributed by atoms with Crippen molar-refractivity contribution < 1.29 is 39.2 Å². The molecule has 2 aliphatic carbocycles. The van der Waals surface area contributed by atoms with Crippen molar-refractivity contribution in [2.45, 2.75) is 105 Å². The number of ether oxygens (including phenoxy) is 1. The average molecular weight is 534 g/mol. The molecule has 5 atom stereocenters. The van der Waals surface area contributed by atoms with Crippen molar-refractivity contribution in [2.24, 2.45) is 16.7 Å². The molecule has 0 spiro atoms. The van der Waals surface area contributed by atoms with Gasteiger partial charge in [-0.2, -0.15) is 0 Å². The molecule has 1 unspecified atom stereocenters. The highest BCUT2D eigenvalue weighted by atomic mass is 16.5. The number of aliphatic hydroxyl groups excluding tert-OH is 2. The van der Waals surface area contributed by atoms with Gasteiger partial charge in [-0.3, -0.25) is 19.2 Å². The van der Waals surface area contributed by atoms with Gasteiger partial charge >= 0.3 is 11.9 Å². The summed E-state index contributed by atoms with van der Waals surface area (Å²) in [6, 6.07) is -0.759. The van der Waals surface area contributed by atoms with Crippen molar-refractivity contribution in [3.05, 3.63) is 34.9 Å². The Labute approximate surface area is 225 Å². The summed E-state index contributed by atoms with van der Waals surface area (Å²) in [6.45, 7) is 11.9. The van der Waals surface area contributed by atoms with Gasteiger partial charge in [0.2, 0.25) is 5.91 Å². The fourth-order valence-corrected chi connectivity index (χ4v) is 5.42. The minimum absolute atomic E-state index is 0.207. The third-order valence-corrected chi connectivity index (χ3v) is 7.88. The number of ketones is 1. The molecule has 38 heavy (non-hydrogen) atoms. The van der Waals surface area contributed by atoms with E-state index in [1.165, 1.54) is 13.0 Å². The van der Waals surface area contributed by atoms with Crippen molar-refractivity contribution >= 4 is 23.6 Å². The minimum atomic E-state index is -1.46. The summed E-state index contributed by atoms with van der Waals surface area (Å²) in [7, 11) is 0. The lowest BCUT2D eigenvalue weighted by Crippen LogP contribution is -2.47. The fraction of sp³-hybridized carbons (Fsp3) is 0.655. The molecule has 0 fully saturated rings. The van der Waals surface area contributed by atoms with E-state index < -0.39 is 58.8 Å². The fourth-order valence-electron chi connectivity index (χ4n) is 5.42. The summed E-state index contributed by atoms with van der Waals surface area (Å²) in [6.07, 6.45) is 3.43. The van der Waals surface area contributed by atoms with Crippen LogP contribution in [0.1, 0.15) is 80.6 Å². The van der Waals surface area contributed by atoms with Gasteiger partial charge in [0, 0.05) is 6.92 Å². The number of rotatable bonds is 11. The zero-order valence-electron chi connectivity index (χ0n) is 23.5. The normalized spacial score (nSPS) is 23.7. The van der Waals surface area contributed by atoms with Gasteiger partial charge in [-0.05, 0) is 54.7 Å². The Hall–Kier alpha value is -2.78. The topological polar surface area (TPSA) is 150 Å². The van der Waals surface area contributed by atoms with Crippen molar-refractivity contribution in [1.82, 2.24) is 5.32 Å². The molecule has 212 valence electrons. The summed E-state index contributed by atoms with van der Waals surface area (Å²) in [4.78, 5) is 49.6. The first kappa shape index (κ1) is 31.4.